The van der Waals surface area contributed by atoms with Gasteiger partial charge < -0.3 is 9.47 Å². The van der Waals surface area contributed by atoms with E-state index in [0.717, 1.165) is 30.5 Å². The fourth-order valence-corrected chi connectivity index (χ4v) is 2.53. The molecular formula is C20H23F3O2. The molecule has 0 unspecified atom stereocenters. The number of benzene rings is 2. The SMILES string of the molecule is CCCOc1cc(C)cc(OCCC)c1-c1cc(F)c(CF)c(F)c1. The van der Waals surface area contributed by atoms with E-state index >= 15 is 0 Å². The van der Waals surface area contributed by atoms with Crippen molar-refractivity contribution in [1.29, 1.82) is 0 Å². The molecule has 0 amide bonds. The first-order valence-electron chi connectivity index (χ1n) is 8.46. The second-order valence-corrected chi connectivity index (χ2v) is 5.89. The molecule has 25 heavy (non-hydrogen) atoms. The predicted octanol–water partition coefficient (Wildman–Crippen LogP) is 5.99. The standard InChI is InChI=1S/C20H23F3O2/c1-4-6-24-18-8-13(3)9-19(25-7-5-2)20(18)14-10-16(22)15(12-21)17(23)11-14/h8-11H,4-7,12H2,1-3H3. The minimum Gasteiger partial charge on any atom is -0.493 e. The summed E-state index contributed by atoms with van der Waals surface area (Å²) in [4.78, 5) is 0. The van der Waals surface area contributed by atoms with Gasteiger partial charge in [-0.3, -0.25) is 0 Å². The summed E-state index contributed by atoms with van der Waals surface area (Å²) in [6, 6.07) is 5.87. The highest BCUT2D eigenvalue weighted by Gasteiger charge is 2.19. The molecule has 0 aliphatic heterocycles. The first-order chi connectivity index (χ1) is 12.0. The van der Waals surface area contributed by atoms with Crippen LogP contribution in [-0.2, 0) is 6.67 Å². The Kier molecular flexibility index (Phi) is 6.73. The van der Waals surface area contributed by atoms with E-state index in [9.17, 15) is 13.2 Å². The van der Waals surface area contributed by atoms with E-state index in [0.29, 0.717) is 30.3 Å². The van der Waals surface area contributed by atoms with E-state index < -0.39 is 23.9 Å². The van der Waals surface area contributed by atoms with Gasteiger partial charge in [0.1, 0.15) is 29.8 Å². The Morgan fingerprint density at radius 3 is 1.72 bits per heavy atom. The molecule has 0 radical (unpaired) electrons. The maximum absolute atomic E-state index is 14.1. The van der Waals surface area contributed by atoms with Crippen LogP contribution in [0.25, 0.3) is 11.1 Å². The van der Waals surface area contributed by atoms with Crippen LogP contribution in [-0.4, -0.2) is 13.2 Å². The molecule has 2 aromatic rings. The van der Waals surface area contributed by atoms with Crippen molar-refractivity contribution >= 4 is 0 Å². The topological polar surface area (TPSA) is 18.5 Å². The van der Waals surface area contributed by atoms with E-state index in [4.69, 9.17) is 9.47 Å². The monoisotopic (exact) mass is 352 g/mol. The van der Waals surface area contributed by atoms with E-state index in [1.807, 2.05) is 32.9 Å². The van der Waals surface area contributed by atoms with Crippen LogP contribution in [0.2, 0.25) is 0 Å². The van der Waals surface area contributed by atoms with Crippen LogP contribution in [0, 0.1) is 18.6 Å². The lowest BCUT2D eigenvalue weighted by Gasteiger charge is -2.18. The van der Waals surface area contributed by atoms with Gasteiger partial charge >= 0.3 is 0 Å². The van der Waals surface area contributed by atoms with Gasteiger partial charge in [0, 0.05) is 0 Å². The van der Waals surface area contributed by atoms with Gasteiger partial charge in [-0.15, -0.1) is 0 Å². The second kappa shape index (κ2) is 8.79. The van der Waals surface area contributed by atoms with Crippen molar-refractivity contribution in [2.75, 3.05) is 13.2 Å². The molecule has 0 N–H and O–H groups in total. The lowest BCUT2D eigenvalue weighted by Crippen LogP contribution is -2.03. The number of rotatable bonds is 8. The van der Waals surface area contributed by atoms with E-state index in [1.54, 1.807) is 0 Å². The minimum atomic E-state index is -1.19. The van der Waals surface area contributed by atoms with Gasteiger partial charge in [0.2, 0.25) is 0 Å². The number of halogens is 3. The Morgan fingerprint density at radius 1 is 0.840 bits per heavy atom. The predicted molar refractivity (Wildman–Crippen MR) is 92.9 cm³/mol. The van der Waals surface area contributed by atoms with Crippen LogP contribution in [0.5, 0.6) is 11.5 Å². The molecule has 0 aromatic heterocycles. The third-order valence-electron chi connectivity index (χ3n) is 3.70. The smallest absolute Gasteiger partial charge is 0.132 e. The zero-order chi connectivity index (χ0) is 18.4. The van der Waals surface area contributed by atoms with Crippen LogP contribution < -0.4 is 9.47 Å². The van der Waals surface area contributed by atoms with Gasteiger partial charge in [0.25, 0.3) is 0 Å². The third kappa shape index (κ3) is 4.47. The number of ether oxygens (including phenoxy) is 2. The molecule has 0 aliphatic carbocycles. The summed E-state index contributed by atoms with van der Waals surface area (Å²) in [6.07, 6.45) is 1.59. The van der Waals surface area contributed by atoms with Crippen LogP contribution >= 0.6 is 0 Å². The normalized spacial score (nSPS) is 10.8. The van der Waals surface area contributed by atoms with Crippen molar-refractivity contribution in [3.05, 3.63) is 47.0 Å². The Morgan fingerprint density at radius 2 is 1.32 bits per heavy atom. The maximum Gasteiger partial charge on any atom is 0.132 e. The van der Waals surface area contributed by atoms with Gasteiger partial charge in [-0.05, 0) is 55.2 Å². The molecule has 0 fully saturated rings. The molecular weight excluding hydrogens is 329 g/mol. The van der Waals surface area contributed by atoms with Crippen molar-refractivity contribution in [2.24, 2.45) is 0 Å². The summed E-state index contributed by atoms with van der Waals surface area (Å²) in [5.74, 6) is -0.832. The van der Waals surface area contributed by atoms with Crippen molar-refractivity contribution in [3.8, 4) is 22.6 Å². The molecule has 2 aromatic carbocycles. The molecule has 5 heteroatoms. The molecule has 2 nitrogen and oxygen atoms in total. The summed E-state index contributed by atoms with van der Waals surface area (Å²) in [5, 5.41) is 0. The maximum atomic E-state index is 14.1. The minimum absolute atomic E-state index is 0.268. The summed E-state index contributed by atoms with van der Waals surface area (Å²) >= 11 is 0. The van der Waals surface area contributed by atoms with Crippen molar-refractivity contribution < 1.29 is 22.6 Å². The summed E-state index contributed by atoms with van der Waals surface area (Å²) < 4.78 is 52.5. The first-order valence-corrected chi connectivity index (χ1v) is 8.46. The summed E-state index contributed by atoms with van der Waals surface area (Å²) in [5.41, 5.74) is 1.10. The van der Waals surface area contributed by atoms with Crippen LogP contribution in [0.1, 0.15) is 37.8 Å². The molecule has 0 heterocycles. The first kappa shape index (κ1) is 19.2. The molecule has 136 valence electrons. The highest BCUT2D eigenvalue weighted by Crippen LogP contribution is 2.41. The molecule has 0 saturated carbocycles. The zero-order valence-electron chi connectivity index (χ0n) is 14.8. The van der Waals surface area contributed by atoms with Gasteiger partial charge in [0.15, 0.2) is 0 Å². The lowest BCUT2D eigenvalue weighted by molar-refractivity contribution is 0.303. The molecule has 0 aliphatic rings. The van der Waals surface area contributed by atoms with Gasteiger partial charge in [0.05, 0.1) is 24.3 Å². The van der Waals surface area contributed by atoms with Crippen molar-refractivity contribution in [3.63, 3.8) is 0 Å². The van der Waals surface area contributed by atoms with Gasteiger partial charge in [-0.1, -0.05) is 13.8 Å². The van der Waals surface area contributed by atoms with E-state index in [-0.39, 0.29) is 5.56 Å². The average molecular weight is 352 g/mol. The van der Waals surface area contributed by atoms with Crippen LogP contribution in [0.3, 0.4) is 0 Å². The van der Waals surface area contributed by atoms with Gasteiger partial charge in [-0.25, -0.2) is 13.2 Å². The Bertz CT molecular complexity index is 677. The van der Waals surface area contributed by atoms with Crippen LogP contribution in [0.15, 0.2) is 24.3 Å². The second-order valence-electron chi connectivity index (χ2n) is 5.89. The molecule has 0 bridgehead atoms. The number of aryl methyl sites for hydroxylation is 1. The van der Waals surface area contributed by atoms with Crippen LogP contribution in [0.4, 0.5) is 13.2 Å². The average Bonchev–Trinajstić information content (AvgIpc) is 2.57. The fourth-order valence-electron chi connectivity index (χ4n) is 2.53. The van der Waals surface area contributed by atoms with Crippen molar-refractivity contribution in [1.82, 2.24) is 0 Å². The Labute approximate surface area is 146 Å². The summed E-state index contributed by atoms with van der Waals surface area (Å²) in [6.45, 7) is 5.59. The van der Waals surface area contributed by atoms with Crippen molar-refractivity contribution in [2.45, 2.75) is 40.3 Å². The Balaban J connectivity index is 2.63. The number of alkyl halides is 1. The van der Waals surface area contributed by atoms with E-state index in [1.165, 1.54) is 0 Å². The van der Waals surface area contributed by atoms with E-state index in [2.05, 4.69) is 0 Å². The molecule has 0 saturated heterocycles. The quantitative estimate of drug-likeness (QED) is 0.581. The molecule has 2 rings (SSSR count). The van der Waals surface area contributed by atoms with Gasteiger partial charge in [-0.2, -0.15) is 0 Å². The highest BCUT2D eigenvalue weighted by atomic mass is 19.1. The number of hydrogen-bond acceptors (Lipinski definition) is 2. The Hall–Kier alpha value is -2.17. The zero-order valence-corrected chi connectivity index (χ0v) is 14.8. The number of hydrogen-bond donors (Lipinski definition) is 0. The highest BCUT2D eigenvalue weighted by molar-refractivity contribution is 5.78. The molecule has 0 atom stereocenters. The lowest BCUT2D eigenvalue weighted by atomic mass is 9.99. The third-order valence-corrected chi connectivity index (χ3v) is 3.70. The summed E-state index contributed by atoms with van der Waals surface area (Å²) in [7, 11) is 0. The fraction of sp³-hybridized carbons (Fsp3) is 0.400. The largest absolute Gasteiger partial charge is 0.493 e. The molecule has 0 spiro atoms.